The summed E-state index contributed by atoms with van der Waals surface area (Å²) >= 11 is 1.77. The van der Waals surface area contributed by atoms with Gasteiger partial charge in [0.15, 0.2) is 5.84 Å². The van der Waals surface area contributed by atoms with Gasteiger partial charge in [0.2, 0.25) is 0 Å². The van der Waals surface area contributed by atoms with Gasteiger partial charge in [-0.1, -0.05) is 36.6 Å². The van der Waals surface area contributed by atoms with Crippen LogP contribution in [0.1, 0.15) is 37.3 Å². The van der Waals surface area contributed by atoms with Crippen LogP contribution in [0.4, 0.5) is 0 Å². The van der Waals surface area contributed by atoms with Gasteiger partial charge in [-0.25, -0.2) is 0 Å². The Morgan fingerprint density at radius 2 is 2.18 bits per heavy atom. The first kappa shape index (κ1) is 13.9. The van der Waals surface area contributed by atoms with Crippen LogP contribution in [0.3, 0.4) is 0 Å². The van der Waals surface area contributed by atoms with Gasteiger partial charge in [-0.15, -0.1) is 11.8 Å². The first-order valence-electron chi connectivity index (χ1n) is 5.90. The van der Waals surface area contributed by atoms with Crippen molar-refractivity contribution in [3.8, 4) is 0 Å². The van der Waals surface area contributed by atoms with Gasteiger partial charge >= 0.3 is 0 Å². The molecule has 0 saturated heterocycles. The SMILES string of the molecule is CCCCCSc1ccc(C)cc1/C(N)=N/O. The molecule has 0 unspecified atom stereocenters. The maximum absolute atomic E-state index is 8.77. The summed E-state index contributed by atoms with van der Waals surface area (Å²) in [6.45, 7) is 4.19. The molecule has 3 nitrogen and oxygen atoms in total. The van der Waals surface area contributed by atoms with Gasteiger partial charge in [0.1, 0.15) is 0 Å². The van der Waals surface area contributed by atoms with E-state index in [-0.39, 0.29) is 5.84 Å². The maximum Gasteiger partial charge on any atom is 0.171 e. The maximum atomic E-state index is 8.77. The molecule has 0 aliphatic rings. The van der Waals surface area contributed by atoms with Crippen LogP contribution in [-0.4, -0.2) is 16.8 Å². The molecule has 0 saturated carbocycles. The Kier molecular flexibility index (Phi) is 5.91. The van der Waals surface area contributed by atoms with Gasteiger partial charge < -0.3 is 10.9 Å². The molecule has 1 aromatic rings. The number of rotatable bonds is 6. The van der Waals surface area contributed by atoms with Gasteiger partial charge in [0, 0.05) is 10.5 Å². The van der Waals surface area contributed by atoms with Crippen molar-refractivity contribution in [2.75, 3.05) is 5.75 Å². The molecular formula is C13H20N2OS. The summed E-state index contributed by atoms with van der Waals surface area (Å²) in [4.78, 5) is 1.09. The van der Waals surface area contributed by atoms with Crippen LogP contribution >= 0.6 is 11.8 Å². The van der Waals surface area contributed by atoms with Crippen LogP contribution in [0.2, 0.25) is 0 Å². The second kappa shape index (κ2) is 7.22. The lowest BCUT2D eigenvalue weighted by molar-refractivity contribution is 0.318. The average Bonchev–Trinajstić information content (AvgIpc) is 2.35. The summed E-state index contributed by atoms with van der Waals surface area (Å²) in [5.41, 5.74) is 7.62. The quantitative estimate of drug-likeness (QED) is 0.204. The monoisotopic (exact) mass is 252 g/mol. The van der Waals surface area contributed by atoms with Crippen molar-refractivity contribution in [3.05, 3.63) is 29.3 Å². The van der Waals surface area contributed by atoms with E-state index in [9.17, 15) is 0 Å². The molecule has 0 amide bonds. The van der Waals surface area contributed by atoms with Crippen molar-refractivity contribution in [1.82, 2.24) is 0 Å². The Bertz CT molecular complexity index is 391. The predicted molar refractivity (Wildman–Crippen MR) is 73.9 cm³/mol. The topological polar surface area (TPSA) is 58.6 Å². The number of nitrogens with two attached hydrogens (primary N) is 1. The van der Waals surface area contributed by atoms with Crippen LogP contribution in [0.15, 0.2) is 28.3 Å². The van der Waals surface area contributed by atoms with E-state index >= 15 is 0 Å². The lowest BCUT2D eigenvalue weighted by Crippen LogP contribution is -2.14. The number of hydrogen-bond donors (Lipinski definition) is 2. The van der Waals surface area contributed by atoms with Crippen molar-refractivity contribution in [3.63, 3.8) is 0 Å². The standard InChI is InChI=1S/C13H20N2OS/c1-3-4-5-8-17-12-7-6-10(2)9-11(12)13(14)15-16/h6-7,9,16H,3-5,8H2,1-2H3,(H2,14,15). The Balaban J connectivity index is 2.76. The van der Waals surface area contributed by atoms with E-state index in [1.807, 2.05) is 19.1 Å². The Hall–Kier alpha value is -1.16. The van der Waals surface area contributed by atoms with E-state index in [1.54, 1.807) is 11.8 Å². The molecule has 0 heterocycles. The van der Waals surface area contributed by atoms with Crippen molar-refractivity contribution >= 4 is 17.6 Å². The first-order valence-corrected chi connectivity index (χ1v) is 6.89. The lowest BCUT2D eigenvalue weighted by Gasteiger charge is -2.08. The summed E-state index contributed by atoms with van der Waals surface area (Å²) in [5, 5.41) is 11.9. The highest BCUT2D eigenvalue weighted by molar-refractivity contribution is 7.99. The highest BCUT2D eigenvalue weighted by Crippen LogP contribution is 2.25. The molecule has 94 valence electrons. The number of unbranched alkanes of at least 4 members (excludes halogenated alkanes) is 2. The predicted octanol–water partition coefficient (Wildman–Crippen LogP) is 3.37. The van der Waals surface area contributed by atoms with Gasteiger partial charge in [-0.2, -0.15) is 0 Å². The molecule has 1 aromatic carbocycles. The molecule has 4 heteroatoms. The summed E-state index contributed by atoms with van der Waals surface area (Å²) in [6.07, 6.45) is 3.67. The second-order valence-corrected chi connectivity index (χ2v) is 5.18. The van der Waals surface area contributed by atoms with E-state index in [0.29, 0.717) is 0 Å². The summed E-state index contributed by atoms with van der Waals surface area (Å²) < 4.78 is 0. The molecule has 3 N–H and O–H groups in total. The Morgan fingerprint density at radius 1 is 1.41 bits per heavy atom. The number of thioether (sulfide) groups is 1. The van der Waals surface area contributed by atoms with Crippen LogP contribution < -0.4 is 5.73 Å². The fourth-order valence-corrected chi connectivity index (χ4v) is 2.61. The third kappa shape index (κ3) is 4.30. The zero-order valence-electron chi connectivity index (χ0n) is 10.4. The minimum atomic E-state index is 0.187. The zero-order valence-corrected chi connectivity index (χ0v) is 11.3. The molecule has 1 rings (SSSR count). The van der Waals surface area contributed by atoms with Gasteiger partial charge in [0.05, 0.1) is 0 Å². The van der Waals surface area contributed by atoms with Crippen molar-refractivity contribution < 1.29 is 5.21 Å². The minimum absolute atomic E-state index is 0.187. The number of amidine groups is 1. The highest BCUT2D eigenvalue weighted by atomic mass is 32.2. The van der Waals surface area contributed by atoms with Crippen molar-refractivity contribution in [2.45, 2.75) is 38.0 Å². The van der Waals surface area contributed by atoms with E-state index in [2.05, 4.69) is 18.1 Å². The molecular weight excluding hydrogens is 232 g/mol. The molecule has 0 aromatic heterocycles. The number of oxime groups is 1. The highest BCUT2D eigenvalue weighted by Gasteiger charge is 2.07. The van der Waals surface area contributed by atoms with Gasteiger partial charge in [-0.3, -0.25) is 0 Å². The number of hydrogen-bond acceptors (Lipinski definition) is 3. The van der Waals surface area contributed by atoms with Gasteiger partial charge in [0.25, 0.3) is 0 Å². The molecule has 0 aliphatic heterocycles. The zero-order chi connectivity index (χ0) is 12.7. The third-order valence-electron chi connectivity index (χ3n) is 2.52. The fourth-order valence-electron chi connectivity index (χ4n) is 1.56. The van der Waals surface area contributed by atoms with Crippen LogP contribution in [0.5, 0.6) is 0 Å². The van der Waals surface area contributed by atoms with Crippen LogP contribution in [0.25, 0.3) is 0 Å². The molecule has 0 fully saturated rings. The van der Waals surface area contributed by atoms with Crippen LogP contribution in [-0.2, 0) is 0 Å². The molecule has 0 atom stereocenters. The largest absolute Gasteiger partial charge is 0.409 e. The third-order valence-corrected chi connectivity index (χ3v) is 3.68. The molecule has 0 aliphatic carbocycles. The molecule has 17 heavy (non-hydrogen) atoms. The summed E-state index contributed by atoms with van der Waals surface area (Å²) in [6, 6.07) is 6.05. The smallest absolute Gasteiger partial charge is 0.171 e. The second-order valence-electron chi connectivity index (χ2n) is 4.04. The molecule has 0 spiro atoms. The van der Waals surface area contributed by atoms with E-state index < -0.39 is 0 Å². The van der Waals surface area contributed by atoms with Crippen molar-refractivity contribution in [2.24, 2.45) is 10.9 Å². The Labute approximate surface area is 107 Å². The van der Waals surface area contributed by atoms with E-state index in [1.165, 1.54) is 19.3 Å². The normalized spacial score (nSPS) is 11.8. The van der Waals surface area contributed by atoms with Crippen LogP contribution in [0, 0.1) is 6.92 Å². The number of aryl methyl sites for hydroxylation is 1. The average molecular weight is 252 g/mol. The molecule has 0 bridgehead atoms. The fraction of sp³-hybridized carbons (Fsp3) is 0.462. The summed E-state index contributed by atoms with van der Waals surface area (Å²) in [7, 11) is 0. The minimum Gasteiger partial charge on any atom is -0.409 e. The summed E-state index contributed by atoms with van der Waals surface area (Å²) in [5.74, 6) is 1.26. The first-order chi connectivity index (χ1) is 8.19. The molecule has 0 radical (unpaired) electrons. The number of benzene rings is 1. The van der Waals surface area contributed by atoms with Gasteiger partial charge in [-0.05, 0) is 31.2 Å². The van der Waals surface area contributed by atoms with E-state index in [0.717, 1.165) is 21.8 Å². The Morgan fingerprint density at radius 3 is 2.82 bits per heavy atom. The lowest BCUT2D eigenvalue weighted by atomic mass is 10.1. The number of nitrogens with zero attached hydrogens (tertiary/aromatic N) is 1. The van der Waals surface area contributed by atoms with E-state index in [4.69, 9.17) is 10.9 Å². The van der Waals surface area contributed by atoms with Crippen molar-refractivity contribution in [1.29, 1.82) is 0 Å².